The lowest BCUT2D eigenvalue weighted by molar-refractivity contribution is -0.0184. The Kier molecular flexibility index (Phi) is 4.45. The van der Waals surface area contributed by atoms with E-state index in [4.69, 9.17) is 4.74 Å². The minimum atomic E-state index is -0.246. The van der Waals surface area contributed by atoms with Gasteiger partial charge in [-0.05, 0) is 17.0 Å². The van der Waals surface area contributed by atoms with Gasteiger partial charge in [-0.15, -0.1) is 0 Å². The lowest BCUT2D eigenvalue weighted by Gasteiger charge is -2.35. The molecule has 1 N–H and O–H groups in total. The highest BCUT2D eigenvalue weighted by Gasteiger charge is 2.30. The van der Waals surface area contributed by atoms with Gasteiger partial charge < -0.3 is 14.7 Å². The first kappa shape index (κ1) is 15.0. The van der Waals surface area contributed by atoms with Gasteiger partial charge in [0.2, 0.25) is 0 Å². The third-order valence-electron chi connectivity index (χ3n) is 3.66. The van der Waals surface area contributed by atoms with Crippen molar-refractivity contribution in [2.24, 2.45) is 0 Å². The second-order valence-corrected chi connectivity index (χ2v) is 6.21. The highest BCUT2D eigenvalue weighted by molar-refractivity contribution is 5.96. The van der Waals surface area contributed by atoms with Crippen molar-refractivity contribution in [3.63, 3.8) is 0 Å². The molecule has 1 atom stereocenters. The molecule has 1 fully saturated rings. The Labute approximate surface area is 120 Å². The molecule has 4 nitrogen and oxygen atoms in total. The van der Waals surface area contributed by atoms with Gasteiger partial charge in [0, 0.05) is 12.1 Å². The van der Waals surface area contributed by atoms with Crippen LogP contribution in [-0.2, 0) is 10.2 Å². The Bertz CT molecular complexity index is 479. The van der Waals surface area contributed by atoms with Gasteiger partial charge in [0.05, 0.1) is 25.9 Å². The van der Waals surface area contributed by atoms with Crippen molar-refractivity contribution in [2.45, 2.75) is 32.2 Å². The number of nitrogens with zero attached hydrogens (tertiary/aromatic N) is 1. The van der Waals surface area contributed by atoms with Crippen LogP contribution in [0.4, 0.5) is 0 Å². The van der Waals surface area contributed by atoms with Gasteiger partial charge in [-0.2, -0.15) is 0 Å². The number of benzene rings is 1. The zero-order valence-electron chi connectivity index (χ0n) is 12.4. The molecule has 0 aliphatic carbocycles. The predicted molar refractivity (Wildman–Crippen MR) is 77.9 cm³/mol. The Balaban J connectivity index is 2.33. The lowest BCUT2D eigenvalue weighted by Crippen LogP contribution is -2.50. The molecule has 1 amide bonds. The summed E-state index contributed by atoms with van der Waals surface area (Å²) in [6.07, 6.45) is 0. The number of aliphatic hydroxyl groups is 1. The van der Waals surface area contributed by atoms with Gasteiger partial charge in [-0.1, -0.05) is 39.0 Å². The number of carbonyl (C=O) groups is 1. The summed E-state index contributed by atoms with van der Waals surface area (Å²) in [7, 11) is 0. The van der Waals surface area contributed by atoms with E-state index in [1.54, 1.807) is 4.90 Å². The summed E-state index contributed by atoms with van der Waals surface area (Å²) in [6.45, 7) is 7.69. The van der Waals surface area contributed by atoms with E-state index in [1.165, 1.54) is 0 Å². The van der Waals surface area contributed by atoms with Crippen molar-refractivity contribution in [2.75, 3.05) is 26.4 Å². The molecule has 20 heavy (non-hydrogen) atoms. The SMILES string of the molecule is CC(C)(C)c1ccccc1C(=O)N1CCOCC1CO. The maximum Gasteiger partial charge on any atom is 0.254 e. The number of carbonyl (C=O) groups excluding carboxylic acids is 1. The van der Waals surface area contributed by atoms with Crippen LogP contribution in [0.5, 0.6) is 0 Å². The van der Waals surface area contributed by atoms with E-state index >= 15 is 0 Å². The molecule has 1 saturated heterocycles. The van der Waals surface area contributed by atoms with Gasteiger partial charge in [0.15, 0.2) is 0 Å². The van der Waals surface area contributed by atoms with Crippen LogP contribution in [0.25, 0.3) is 0 Å². The van der Waals surface area contributed by atoms with Crippen LogP contribution in [0.3, 0.4) is 0 Å². The quantitative estimate of drug-likeness (QED) is 0.897. The first-order valence-corrected chi connectivity index (χ1v) is 7.04. The Morgan fingerprint density at radius 3 is 2.75 bits per heavy atom. The summed E-state index contributed by atoms with van der Waals surface area (Å²) in [4.78, 5) is 14.5. The molecule has 2 rings (SSSR count). The van der Waals surface area contributed by atoms with Crippen LogP contribution in [-0.4, -0.2) is 48.3 Å². The molecule has 110 valence electrons. The molecule has 1 aromatic rings. The summed E-state index contributed by atoms with van der Waals surface area (Å²) >= 11 is 0. The first-order chi connectivity index (χ1) is 9.45. The molecule has 1 heterocycles. The van der Waals surface area contributed by atoms with E-state index in [0.29, 0.717) is 19.8 Å². The molecule has 0 spiro atoms. The number of morpholine rings is 1. The number of ether oxygens (including phenoxy) is 1. The average molecular weight is 277 g/mol. The van der Waals surface area contributed by atoms with E-state index in [2.05, 4.69) is 20.8 Å². The minimum absolute atomic E-state index is 0.0159. The van der Waals surface area contributed by atoms with Crippen LogP contribution < -0.4 is 0 Å². The molecule has 1 aliphatic rings. The molecule has 1 aromatic carbocycles. The lowest BCUT2D eigenvalue weighted by atomic mass is 9.83. The molecule has 0 aromatic heterocycles. The van der Waals surface area contributed by atoms with E-state index in [1.807, 2.05) is 24.3 Å². The number of amides is 1. The Hall–Kier alpha value is -1.39. The van der Waals surface area contributed by atoms with Crippen LogP contribution in [0.15, 0.2) is 24.3 Å². The topological polar surface area (TPSA) is 49.8 Å². The molecular weight excluding hydrogens is 254 g/mol. The third kappa shape index (κ3) is 3.02. The van der Waals surface area contributed by atoms with Crippen LogP contribution in [0.1, 0.15) is 36.7 Å². The highest BCUT2D eigenvalue weighted by Crippen LogP contribution is 2.27. The number of hydrogen-bond donors (Lipinski definition) is 1. The van der Waals surface area contributed by atoms with Crippen molar-refractivity contribution >= 4 is 5.91 Å². The third-order valence-corrected chi connectivity index (χ3v) is 3.66. The van der Waals surface area contributed by atoms with Crippen molar-refractivity contribution in [3.05, 3.63) is 35.4 Å². The Morgan fingerprint density at radius 1 is 1.40 bits per heavy atom. The molecular formula is C16H23NO3. The monoisotopic (exact) mass is 277 g/mol. The second-order valence-electron chi connectivity index (χ2n) is 6.21. The van der Waals surface area contributed by atoms with E-state index < -0.39 is 0 Å². The molecule has 1 aliphatic heterocycles. The molecule has 0 saturated carbocycles. The largest absolute Gasteiger partial charge is 0.394 e. The van der Waals surface area contributed by atoms with Gasteiger partial charge in [0.1, 0.15) is 0 Å². The standard InChI is InChI=1S/C16H23NO3/c1-16(2,3)14-7-5-4-6-13(14)15(19)17-8-9-20-11-12(17)10-18/h4-7,12,18H,8-11H2,1-3H3. The van der Waals surface area contributed by atoms with Crippen LogP contribution >= 0.6 is 0 Å². The molecule has 1 unspecified atom stereocenters. The first-order valence-electron chi connectivity index (χ1n) is 7.04. The minimum Gasteiger partial charge on any atom is -0.394 e. The van der Waals surface area contributed by atoms with Crippen LogP contribution in [0, 0.1) is 0 Å². The van der Waals surface area contributed by atoms with E-state index in [9.17, 15) is 9.90 Å². The maximum absolute atomic E-state index is 12.8. The molecule has 0 radical (unpaired) electrons. The summed E-state index contributed by atoms with van der Waals surface area (Å²) in [5.41, 5.74) is 1.67. The summed E-state index contributed by atoms with van der Waals surface area (Å²) in [6, 6.07) is 7.47. The zero-order chi connectivity index (χ0) is 14.8. The van der Waals surface area contributed by atoms with Crippen molar-refractivity contribution in [3.8, 4) is 0 Å². The Morgan fingerprint density at radius 2 is 2.10 bits per heavy atom. The maximum atomic E-state index is 12.8. The number of hydrogen-bond acceptors (Lipinski definition) is 3. The summed E-state index contributed by atoms with van der Waals surface area (Å²) < 4.78 is 5.33. The second kappa shape index (κ2) is 5.94. The fourth-order valence-electron chi connectivity index (χ4n) is 2.55. The van der Waals surface area contributed by atoms with Gasteiger partial charge in [0.25, 0.3) is 5.91 Å². The molecule has 4 heteroatoms. The number of aliphatic hydroxyl groups excluding tert-OH is 1. The van der Waals surface area contributed by atoms with Crippen LogP contribution in [0.2, 0.25) is 0 Å². The van der Waals surface area contributed by atoms with Gasteiger partial charge in [-0.3, -0.25) is 4.79 Å². The zero-order valence-corrected chi connectivity index (χ0v) is 12.4. The van der Waals surface area contributed by atoms with Gasteiger partial charge >= 0.3 is 0 Å². The smallest absolute Gasteiger partial charge is 0.254 e. The van der Waals surface area contributed by atoms with Gasteiger partial charge in [-0.25, -0.2) is 0 Å². The summed E-state index contributed by atoms with van der Waals surface area (Å²) in [5.74, 6) is -0.0159. The fraction of sp³-hybridized carbons (Fsp3) is 0.562. The predicted octanol–water partition coefficient (Wildman–Crippen LogP) is 1.82. The van der Waals surface area contributed by atoms with E-state index in [0.717, 1.165) is 11.1 Å². The summed E-state index contributed by atoms with van der Waals surface area (Å²) in [5, 5.41) is 9.41. The number of rotatable bonds is 2. The average Bonchev–Trinajstić information content (AvgIpc) is 2.45. The normalized spacial score (nSPS) is 20.0. The van der Waals surface area contributed by atoms with Crippen molar-refractivity contribution < 1.29 is 14.6 Å². The highest BCUT2D eigenvalue weighted by atomic mass is 16.5. The van der Waals surface area contributed by atoms with E-state index in [-0.39, 0.29) is 24.0 Å². The van der Waals surface area contributed by atoms with Crippen molar-refractivity contribution in [1.82, 2.24) is 4.90 Å². The molecule has 0 bridgehead atoms. The van der Waals surface area contributed by atoms with Crippen molar-refractivity contribution in [1.29, 1.82) is 0 Å². The fourth-order valence-corrected chi connectivity index (χ4v) is 2.55.